The average molecular weight is 502 g/mol. The molecule has 5 unspecified atom stereocenters. The number of hydrogen-bond acceptors (Lipinski definition) is 6. The van der Waals surface area contributed by atoms with Crippen LogP contribution in [0.2, 0.25) is 0 Å². The van der Waals surface area contributed by atoms with Gasteiger partial charge in [0.05, 0.1) is 24.0 Å². The summed E-state index contributed by atoms with van der Waals surface area (Å²) in [5, 5.41) is 19.8. The molecule has 1 aliphatic heterocycles. The Hall–Kier alpha value is -1.60. The maximum atomic E-state index is 13.7. The molecule has 0 spiro atoms. The molecule has 4 saturated carbocycles. The predicted octanol–water partition coefficient (Wildman–Crippen LogP) is 3.43. The molecule has 1 heterocycles. The molecule has 0 bridgehead atoms. The highest BCUT2D eigenvalue weighted by atomic mass is 16.3. The van der Waals surface area contributed by atoms with Gasteiger partial charge in [-0.25, -0.2) is 0 Å². The Labute approximate surface area is 214 Å². The van der Waals surface area contributed by atoms with E-state index in [-0.39, 0.29) is 77.1 Å². The first-order valence-electron chi connectivity index (χ1n) is 14.5. The molecule has 1 saturated heterocycles. The molecule has 5 fully saturated rings. The first-order chi connectivity index (χ1) is 17.2. The van der Waals surface area contributed by atoms with Crippen molar-refractivity contribution in [3.63, 3.8) is 0 Å². The van der Waals surface area contributed by atoms with Gasteiger partial charge in [-0.05, 0) is 95.8 Å². The largest absolute Gasteiger partial charge is 0.393 e. The molecule has 0 radical (unpaired) electrons. The first-order valence-corrected chi connectivity index (χ1v) is 14.5. The van der Waals surface area contributed by atoms with Crippen LogP contribution in [0.15, 0.2) is 0 Å². The number of amides is 2. The van der Waals surface area contributed by atoms with Crippen LogP contribution in [0.4, 0.5) is 0 Å². The fraction of sp³-hybridized carbons (Fsp3) is 0.862. The molecule has 2 amide bonds. The number of aliphatic hydroxyl groups is 2. The second-order valence-electron chi connectivity index (χ2n) is 12.7. The monoisotopic (exact) mass is 501 g/mol. The zero-order valence-electron chi connectivity index (χ0n) is 21.6. The quantitative estimate of drug-likeness (QED) is 0.558. The van der Waals surface area contributed by atoms with Crippen LogP contribution in [0.3, 0.4) is 0 Å². The van der Waals surface area contributed by atoms with Crippen molar-refractivity contribution in [2.75, 3.05) is 0 Å². The lowest BCUT2D eigenvalue weighted by Crippen LogP contribution is -2.49. The van der Waals surface area contributed by atoms with Crippen molar-refractivity contribution in [3.05, 3.63) is 0 Å². The van der Waals surface area contributed by atoms with Crippen LogP contribution in [-0.2, 0) is 19.2 Å². The Morgan fingerprint density at radius 3 is 1.58 bits per heavy atom. The van der Waals surface area contributed by atoms with E-state index < -0.39 is 0 Å². The van der Waals surface area contributed by atoms with Crippen molar-refractivity contribution in [1.29, 1.82) is 0 Å². The Balaban J connectivity index is 1.36. The number of carbonyl (C=O) groups excluding carboxylic acids is 4. The maximum absolute atomic E-state index is 13.7. The number of hydrogen-bond donors (Lipinski definition) is 2. The minimum atomic E-state index is -0.383. The first kappa shape index (κ1) is 26.0. The summed E-state index contributed by atoms with van der Waals surface area (Å²) >= 11 is 0. The topological polar surface area (TPSA) is 112 Å². The van der Waals surface area contributed by atoms with Crippen molar-refractivity contribution < 1.29 is 29.4 Å². The molecule has 36 heavy (non-hydrogen) atoms. The van der Waals surface area contributed by atoms with Crippen LogP contribution in [0, 0.1) is 41.4 Å². The molecular weight excluding hydrogens is 458 g/mol. The maximum Gasteiger partial charge on any atom is 0.233 e. The number of likely N-dealkylation sites (tertiary alicyclic amines) is 1. The van der Waals surface area contributed by atoms with Crippen LogP contribution >= 0.6 is 0 Å². The van der Waals surface area contributed by atoms with Gasteiger partial charge in [-0.1, -0.05) is 6.92 Å². The number of fused-ring (bicyclic) bond motifs is 1. The van der Waals surface area contributed by atoms with E-state index in [0.717, 1.165) is 19.3 Å². The number of nitrogens with zero attached hydrogens (tertiary/aromatic N) is 1. The summed E-state index contributed by atoms with van der Waals surface area (Å²) in [5.74, 6) is -0.751. The number of rotatable bonds is 5. The average Bonchev–Trinajstić information content (AvgIpc) is 3.12. The summed E-state index contributed by atoms with van der Waals surface area (Å²) < 4.78 is 0. The summed E-state index contributed by atoms with van der Waals surface area (Å²) in [6.07, 6.45) is 8.42. The number of ketones is 2. The summed E-state index contributed by atoms with van der Waals surface area (Å²) in [5.41, 5.74) is 0. The van der Waals surface area contributed by atoms with Crippen molar-refractivity contribution in [2.24, 2.45) is 41.4 Å². The summed E-state index contributed by atoms with van der Waals surface area (Å²) in [7, 11) is 0. The fourth-order valence-electron chi connectivity index (χ4n) is 8.13. The van der Waals surface area contributed by atoms with E-state index in [9.17, 15) is 29.4 Å². The minimum Gasteiger partial charge on any atom is -0.393 e. The SMILES string of the molecule is CC1CCC2C(=O)N(C3CC(C(=O)C4CCC(O)CC4)CC(C(=O)C4CCC(O)CC4)C3)C(=O)C2C1. The molecule has 4 aliphatic carbocycles. The Kier molecular flexibility index (Phi) is 7.69. The molecule has 7 nitrogen and oxygen atoms in total. The van der Waals surface area contributed by atoms with Gasteiger partial charge < -0.3 is 10.2 Å². The molecule has 0 aromatic heterocycles. The third-order valence-electron chi connectivity index (χ3n) is 10.3. The van der Waals surface area contributed by atoms with Crippen LogP contribution in [-0.4, -0.2) is 56.7 Å². The fourth-order valence-corrected chi connectivity index (χ4v) is 8.13. The van der Waals surface area contributed by atoms with Crippen LogP contribution < -0.4 is 0 Å². The van der Waals surface area contributed by atoms with Crippen LogP contribution in [0.1, 0.15) is 96.8 Å². The molecule has 5 atom stereocenters. The molecule has 0 aromatic rings. The number of Topliss-reactive ketones (excluding diaryl/α,β-unsaturated/α-hetero) is 2. The highest BCUT2D eigenvalue weighted by molar-refractivity contribution is 6.05. The molecular formula is C29H43NO6. The van der Waals surface area contributed by atoms with E-state index >= 15 is 0 Å². The van der Waals surface area contributed by atoms with Crippen molar-refractivity contribution in [2.45, 2.75) is 115 Å². The van der Waals surface area contributed by atoms with Gasteiger partial charge >= 0.3 is 0 Å². The van der Waals surface area contributed by atoms with Gasteiger partial charge in [-0.2, -0.15) is 0 Å². The molecule has 2 N–H and O–H groups in total. The standard InChI is InChI=1S/C29H43NO6/c1-16-2-11-24-25(12-16)29(36)30(28(24)35)21-14-19(26(33)17-3-7-22(31)8-4-17)13-20(15-21)27(34)18-5-9-23(32)10-6-18/h16-25,31-32H,2-15H2,1H3. The van der Waals surface area contributed by atoms with E-state index in [1.54, 1.807) is 0 Å². The van der Waals surface area contributed by atoms with E-state index in [0.29, 0.717) is 76.5 Å². The van der Waals surface area contributed by atoms with Gasteiger partial charge in [0.1, 0.15) is 11.6 Å². The van der Waals surface area contributed by atoms with Gasteiger partial charge in [-0.3, -0.25) is 24.1 Å². The second-order valence-corrected chi connectivity index (χ2v) is 12.7. The van der Waals surface area contributed by atoms with Crippen molar-refractivity contribution in [1.82, 2.24) is 4.90 Å². The normalized spacial score (nSPS) is 43.8. The molecule has 7 heteroatoms. The van der Waals surface area contributed by atoms with E-state index in [2.05, 4.69) is 6.92 Å². The number of aliphatic hydroxyl groups excluding tert-OH is 2. The lowest BCUT2D eigenvalue weighted by atomic mass is 9.68. The van der Waals surface area contributed by atoms with E-state index in [1.807, 2.05) is 0 Å². The molecule has 200 valence electrons. The third-order valence-corrected chi connectivity index (χ3v) is 10.3. The Morgan fingerprint density at radius 2 is 1.08 bits per heavy atom. The summed E-state index contributed by atoms with van der Waals surface area (Å²) in [6.45, 7) is 2.14. The Morgan fingerprint density at radius 1 is 0.611 bits per heavy atom. The highest BCUT2D eigenvalue weighted by Gasteiger charge is 2.53. The smallest absolute Gasteiger partial charge is 0.233 e. The molecule has 5 rings (SSSR count). The van der Waals surface area contributed by atoms with Gasteiger partial charge in [0, 0.05) is 29.7 Å². The van der Waals surface area contributed by atoms with Gasteiger partial charge in [0.25, 0.3) is 0 Å². The number of carbonyl (C=O) groups is 4. The summed E-state index contributed by atoms with van der Waals surface area (Å²) in [6, 6.07) is -0.383. The zero-order valence-corrected chi connectivity index (χ0v) is 21.6. The zero-order chi connectivity index (χ0) is 25.6. The predicted molar refractivity (Wildman–Crippen MR) is 132 cm³/mol. The van der Waals surface area contributed by atoms with Gasteiger partial charge in [0.15, 0.2) is 0 Å². The lowest BCUT2D eigenvalue weighted by molar-refractivity contribution is -0.148. The van der Waals surface area contributed by atoms with Gasteiger partial charge in [0.2, 0.25) is 11.8 Å². The van der Waals surface area contributed by atoms with Crippen molar-refractivity contribution in [3.8, 4) is 0 Å². The van der Waals surface area contributed by atoms with Crippen molar-refractivity contribution >= 4 is 23.4 Å². The molecule has 0 aromatic carbocycles. The van der Waals surface area contributed by atoms with E-state index in [4.69, 9.17) is 0 Å². The van der Waals surface area contributed by atoms with Gasteiger partial charge in [-0.15, -0.1) is 0 Å². The Bertz CT molecular complexity index is 829. The lowest BCUT2D eigenvalue weighted by Gasteiger charge is -2.40. The minimum absolute atomic E-state index is 0.0808. The van der Waals surface area contributed by atoms with Crippen LogP contribution in [0.5, 0.6) is 0 Å². The third kappa shape index (κ3) is 5.07. The number of imide groups is 1. The highest BCUT2D eigenvalue weighted by Crippen LogP contribution is 2.45. The second kappa shape index (κ2) is 10.6. The summed E-state index contributed by atoms with van der Waals surface area (Å²) in [4.78, 5) is 55.8. The molecule has 5 aliphatic rings. The van der Waals surface area contributed by atoms with Crippen LogP contribution in [0.25, 0.3) is 0 Å². The van der Waals surface area contributed by atoms with E-state index in [1.165, 1.54) is 4.90 Å².